The predicted molar refractivity (Wildman–Crippen MR) is 75.1 cm³/mol. The Labute approximate surface area is 120 Å². The summed E-state index contributed by atoms with van der Waals surface area (Å²) in [6.07, 6.45) is 1.98. The highest BCUT2D eigenvalue weighted by atomic mass is 19.1. The summed E-state index contributed by atoms with van der Waals surface area (Å²) in [4.78, 5) is 23.5. The van der Waals surface area contributed by atoms with Crippen molar-refractivity contribution in [2.24, 2.45) is 0 Å². The first kappa shape index (κ1) is 13.5. The summed E-state index contributed by atoms with van der Waals surface area (Å²) in [5.74, 6) is -0.556. The van der Waals surface area contributed by atoms with Crippen molar-refractivity contribution in [2.45, 2.75) is 25.4 Å². The van der Waals surface area contributed by atoms with Crippen molar-refractivity contribution in [3.05, 3.63) is 52.6 Å². The Bertz CT molecular complexity index is 720. The number of carbonyl (C=O) groups is 1. The van der Waals surface area contributed by atoms with E-state index in [1.807, 2.05) is 0 Å². The summed E-state index contributed by atoms with van der Waals surface area (Å²) in [6, 6.07) is 8.97. The maximum atomic E-state index is 12.9. The normalized spacial score (nSPS) is 14.0. The van der Waals surface area contributed by atoms with E-state index < -0.39 is 0 Å². The van der Waals surface area contributed by atoms with Crippen molar-refractivity contribution in [1.29, 1.82) is 0 Å². The predicted octanol–water partition coefficient (Wildman–Crippen LogP) is 1.33. The van der Waals surface area contributed by atoms with Crippen LogP contribution in [-0.4, -0.2) is 21.7 Å². The molecule has 1 heterocycles. The van der Waals surface area contributed by atoms with Crippen LogP contribution >= 0.6 is 0 Å². The third-order valence-electron chi connectivity index (χ3n) is 3.24. The van der Waals surface area contributed by atoms with Crippen LogP contribution in [-0.2, 0) is 11.3 Å². The van der Waals surface area contributed by atoms with E-state index in [0.717, 1.165) is 17.5 Å². The molecule has 2 aromatic rings. The van der Waals surface area contributed by atoms with Crippen LogP contribution < -0.4 is 10.9 Å². The third-order valence-corrected chi connectivity index (χ3v) is 3.24. The molecule has 5 nitrogen and oxygen atoms in total. The van der Waals surface area contributed by atoms with E-state index in [2.05, 4.69) is 10.4 Å². The molecule has 21 heavy (non-hydrogen) atoms. The van der Waals surface area contributed by atoms with Crippen LogP contribution in [0.1, 0.15) is 12.8 Å². The minimum Gasteiger partial charge on any atom is -0.352 e. The molecule has 6 heteroatoms. The Morgan fingerprint density at radius 1 is 1.24 bits per heavy atom. The second kappa shape index (κ2) is 5.47. The Hall–Kier alpha value is -2.50. The van der Waals surface area contributed by atoms with Crippen LogP contribution in [0.25, 0.3) is 11.3 Å². The standard InChI is InChI=1S/C15H14FN3O2/c16-11-3-1-10(2-4-11)13-7-8-15(21)19(18-13)9-14(20)17-12-5-6-12/h1-4,7-8,12H,5-6,9H2,(H,17,20). The number of halogens is 1. The lowest BCUT2D eigenvalue weighted by molar-refractivity contribution is -0.122. The quantitative estimate of drug-likeness (QED) is 0.922. The number of hydrogen-bond acceptors (Lipinski definition) is 3. The number of nitrogens with zero attached hydrogens (tertiary/aromatic N) is 2. The molecule has 1 N–H and O–H groups in total. The molecule has 0 unspecified atom stereocenters. The van der Waals surface area contributed by atoms with Gasteiger partial charge in [-0.05, 0) is 43.2 Å². The molecule has 1 amide bonds. The molecule has 0 radical (unpaired) electrons. The highest BCUT2D eigenvalue weighted by Gasteiger charge is 2.23. The molecule has 0 aliphatic heterocycles. The molecule has 1 saturated carbocycles. The number of amides is 1. The molecule has 1 aliphatic rings. The number of nitrogens with one attached hydrogen (secondary N) is 1. The van der Waals surface area contributed by atoms with Gasteiger partial charge in [-0.15, -0.1) is 0 Å². The van der Waals surface area contributed by atoms with Gasteiger partial charge in [-0.2, -0.15) is 5.10 Å². The SMILES string of the molecule is O=C(Cn1nc(-c2ccc(F)cc2)ccc1=O)NC1CC1. The molecule has 0 spiro atoms. The van der Waals surface area contributed by atoms with Crippen LogP contribution in [0.15, 0.2) is 41.2 Å². The second-order valence-electron chi connectivity index (χ2n) is 5.06. The molecular weight excluding hydrogens is 273 g/mol. The summed E-state index contributed by atoms with van der Waals surface area (Å²) in [7, 11) is 0. The Kier molecular flexibility index (Phi) is 3.51. The molecule has 0 saturated heterocycles. The first-order chi connectivity index (χ1) is 10.1. The van der Waals surface area contributed by atoms with Gasteiger partial charge in [0.1, 0.15) is 12.4 Å². The first-order valence-electron chi connectivity index (χ1n) is 6.75. The van der Waals surface area contributed by atoms with Gasteiger partial charge in [0.2, 0.25) is 5.91 Å². The minimum absolute atomic E-state index is 0.107. The van der Waals surface area contributed by atoms with Crippen LogP contribution in [0.2, 0.25) is 0 Å². The number of benzene rings is 1. The van der Waals surface area contributed by atoms with E-state index in [-0.39, 0.29) is 29.9 Å². The lowest BCUT2D eigenvalue weighted by Gasteiger charge is -2.07. The van der Waals surface area contributed by atoms with Crippen LogP contribution in [0.3, 0.4) is 0 Å². The monoisotopic (exact) mass is 287 g/mol. The molecule has 3 rings (SSSR count). The van der Waals surface area contributed by atoms with Crippen LogP contribution in [0, 0.1) is 5.82 Å². The third kappa shape index (κ3) is 3.34. The van der Waals surface area contributed by atoms with Crippen LogP contribution in [0.5, 0.6) is 0 Å². The molecule has 108 valence electrons. The fraction of sp³-hybridized carbons (Fsp3) is 0.267. The highest BCUT2D eigenvalue weighted by molar-refractivity contribution is 5.76. The summed E-state index contributed by atoms with van der Waals surface area (Å²) >= 11 is 0. The molecule has 1 aromatic carbocycles. The topological polar surface area (TPSA) is 64.0 Å². The Morgan fingerprint density at radius 3 is 2.62 bits per heavy atom. The van der Waals surface area contributed by atoms with Gasteiger partial charge in [-0.3, -0.25) is 9.59 Å². The summed E-state index contributed by atoms with van der Waals surface area (Å²) in [5.41, 5.74) is 0.869. The van der Waals surface area contributed by atoms with E-state index >= 15 is 0 Å². The average Bonchev–Trinajstić information content (AvgIpc) is 3.26. The van der Waals surface area contributed by atoms with Gasteiger partial charge < -0.3 is 5.32 Å². The Morgan fingerprint density at radius 2 is 1.95 bits per heavy atom. The van der Waals surface area contributed by atoms with Crippen molar-refractivity contribution in [1.82, 2.24) is 15.1 Å². The van der Waals surface area contributed by atoms with Crippen molar-refractivity contribution < 1.29 is 9.18 Å². The van der Waals surface area contributed by atoms with Crippen molar-refractivity contribution in [2.75, 3.05) is 0 Å². The van der Waals surface area contributed by atoms with Gasteiger partial charge in [0.05, 0.1) is 5.69 Å². The van der Waals surface area contributed by atoms with Gasteiger partial charge in [-0.1, -0.05) is 0 Å². The van der Waals surface area contributed by atoms with Gasteiger partial charge in [0, 0.05) is 17.7 Å². The first-order valence-corrected chi connectivity index (χ1v) is 6.75. The van der Waals surface area contributed by atoms with E-state index in [1.165, 1.54) is 18.2 Å². The second-order valence-corrected chi connectivity index (χ2v) is 5.06. The summed E-state index contributed by atoms with van der Waals surface area (Å²) < 4.78 is 14.0. The molecule has 1 fully saturated rings. The van der Waals surface area contributed by atoms with Gasteiger partial charge in [-0.25, -0.2) is 9.07 Å². The zero-order valence-electron chi connectivity index (χ0n) is 11.3. The minimum atomic E-state index is -0.341. The number of carbonyl (C=O) groups excluding carboxylic acids is 1. The van der Waals surface area contributed by atoms with E-state index in [9.17, 15) is 14.0 Å². The number of hydrogen-bond donors (Lipinski definition) is 1. The maximum Gasteiger partial charge on any atom is 0.267 e. The zero-order valence-corrected chi connectivity index (χ0v) is 11.3. The molecule has 1 aromatic heterocycles. The average molecular weight is 287 g/mol. The smallest absolute Gasteiger partial charge is 0.267 e. The fourth-order valence-electron chi connectivity index (χ4n) is 1.97. The number of rotatable bonds is 4. The molecule has 0 atom stereocenters. The number of aromatic nitrogens is 2. The van der Waals surface area contributed by atoms with Crippen LogP contribution in [0.4, 0.5) is 4.39 Å². The van der Waals surface area contributed by atoms with Gasteiger partial charge in [0.25, 0.3) is 5.56 Å². The van der Waals surface area contributed by atoms with E-state index in [4.69, 9.17) is 0 Å². The summed E-state index contributed by atoms with van der Waals surface area (Å²) in [5, 5.41) is 6.97. The van der Waals surface area contributed by atoms with Gasteiger partial charge in [0.15, 0.2) is 0 Å². The van der Waals surface area contributed by atoms with Gasteiger partial charge >= 0.3 is 0 Å². The van der Waals surface area contributed by atoms with E-state index in [1.54, 1.807) is 18.2 Å². The van der Waals surface area contributed by atoms with Crippen molar-refractivity contribution in [3.8, 4) is 11.3 Å². The molecular formula is C15H14FN3O2. The van der Waals surface area contributed by atoms with Crippen molar-refractivity contribution in [3.63, 3.8) is 0 Å². The lowest BCUT2D eigenvalue weighted by Crippen LogP contribution is -2.34. The van der Waals surface area contributed by atoms with E-state index in [0.29, 0.717) is 11.3 Å². The Balaban J connectivity index is 1.83. The summed E-state index contributed by atoms with van der Waals surface area (Å²) in [6.45, 7) is -0.107. The largest absolute Gasteiger partial charge is 0.352 e. The maximum absolute atomic E-state index is 12.9. The zero-order chi connectivity index (χ0) is 14.8. The lowest BCUT2D eigenvalue weighted by atomic mass is 10.1. The molecule has 0 bridgehead atoms. The van der Waals surface area contributed by atoms with Crippen molar-refractivity contribution >= 4 is 5.91 Å². The fourth-order valence-corrected chi connectivity index (χ4v) is 1.97. The molecule has 1 aliphatic carbocycles. The highest BCUT2D eigenvalue weighted by Crippen LogP contribution is 2.18.